The summed E-state index contributed by atoms with van der Waals surface area (Å²) in [6, 6.07) is 10.5. The Morgan fingerprint density at radius 2 is 1.95 bits per heavy atom. The third-order valence-corrected chi connectivity index (χ3v) is 3.76. The van der Waals surface area contributed by atoms with Crippen LogP contribution in [0.3, 0.4) is 0 Å². The number of nitro groups is 1. The van der Waals surface area contributed by atoms with E-state index in [2.05, 4.69) is 23.3 Å². The average Bonchev–Trinajstić information content (AvgIpc) is 2.77. The molecule has 0 saturated heterocycles. The van der Waals surface area contributed by atoms with Gasteiger partial charge in [0.1, 0.15) is 5.69 Å². The fourth-order valence-electron chi connectivity index (χ4n) is 2.57. The molecule has 0 bridgehead atoms. The summed E-state index contributed by atoms with van der Waals surface area (Å²) < 4.78 is 0. The summed E-state index contributed by atoms with van der Waals surface area (Å²) >= 11 is 5.93. The lowest BCUT2D eigenvalue weighted by Crippen LogP contribution is -2.07. The lowest BCUT2D eigenvalue weighted by Gasteiger charge is -2.09. The fourth-order valence-corrected chi connectivity index (χ4v) is 2.74. The van der Waals surface area contributed by atoms with Gasteiger partial charge in [0.2, 0.25) is 0 Å². The molecule has 0 spiro atoms. The Kier molecular flexibility index (Phi) is 3.53. The summed E-state index contributed by atoms with van der Waals surface area (Å²) in [7, 11) is 2.06. The molecule has 21 heavy (non-hydrogen) atoms. The van der Waals surface area contributed by atoms with Crippen molar-refractivity contribution in [1.82, 2.24) is 4.90 Å². The molecule has 1 aliphatic heterocycles. The Morgan fingerprint density at radius 1 is 1.19 bits per heavy atom. The van der Waals surface area contributed by atoms with Crippen molar-refractivity contribution < 1.29 is 4.92 Å². The van der Waals surface area contributed by atoms with Crippen molar-refractivity contribution in [3.8, 4) is 0 Å². The Bertz CT molecular complexity index is 718. The predicted octanol–water partition coefficient (Wildman–Crippen LogP) is 3.94. The molecule has 2 aromatic carbocycles. The second-order valence-corrected chi connectivity index (χ2v) is 5.64. The highest BCUT2D eigenvalue weighted by molar-refractivity contribution is 6.31. The number of hydrogen-bond acceptors (Lipinski definition) is 4. The van der Waals surface area contributed by atoms with Crippen LogP contribution in [0, 0.1) is 10.1 Å². The maximum Gasteiger partial charge on any atom is 0.292 e. The molecule has 0 unspecified atom stereocenters. The van der Waals surface area contributed by atoms with Crippen molar-refractivity contribution >= 4 is 28.7 Å². The van der Waals surface area contributed by atoms with Crippen LogP contribution in [0.2, 0.25) is 5.02 Å². The number of benzene rings is 2. The first-order chi connectivity index (χ1) is 10.0. The quantitative estimate of drug-likeness (QED) is 0.689. The van der Waals surface area contributed by atoms with Gasteiger partial charge < -0.3 is 5.32 Å². The summed E-state index contributed by atoms with van der Waals surface area (Å²) in [5.41, 5.74) is 3.78. The van der Waals surface area contributed by atoms with Crippen LogP contribution in [0.15, 0.2) is 36.4 Å². The molecule has 1 aliphatic rings. The Hall–Kier alpha value is -2.11. The van der Waals surface area contributed by atoms with E-state index in [0.29, 0.717) is 10.7 Å². The van der Waals surface area contributed by atoms with Gasteiger partial charge in [0, 0.05) is 29.9 Å². The fraction of sp³-hybridized carbons (Fsp3) is 0.200. The summed E-state index contributed by atoms with van der Waals surface area (Å²) in [6.07, 6.45) is 0. The van der Waals surface area contributed by atoms with Gasteiger partial charge in [-0.05, 0) is 42.4 Å². The molecular formula is C15H14ClN3O2. The zero-order valence-corrected chi connectivity index (χ0v) is 12.2. The van der Waals surface area contributed by atoms with Crippen LogP contribution in [-0.2, 0) is 13.1 Å². The van der Waals surface area contributed by atoms with E-state index in [9.17, 15) is 10.1 Å². The maximum absolute atomic E-state index is 11.1. The highest BCUT2D eigenvalue weighted by Gasteiger charge is 2.17. The molecule has 0 aliphatic carbocycles. The molecule has 6 heteroatoms. The molecule has 3 rings (SSSR count). The van der Waals surface area contributed by atoms with Gasteiger partial charge in [-0.15, -0.1) is 0 Å². The number of nitrogens with one attached hydrogen (secondary N) is 1. The summed E-state index contributed by atoms with van der Waals surface area (Å²) in [5, 5.41) is 14.6. The number of hydrogen-bond donors (Lipinski definition) is 1. The van der Waals surface area contributed by atoms with Crippen LogP contribution >= 0.6 is 11.6 Å². The second kappa shape index (κ2) is 5.35. The average molecular weight is 304 g/mol. The predicted molar refractivity (Wildman–Crippen MR) is 83.0 cm³/mol. The van der Waals surface area contributed by atoms with Gasteiger partial charge in [-0.2, -0.15) is 0 Å². The molecule has 0 saturated carbocycles. The van der Waals surface area contributed by atoms with Gasteiger partial charge in [0.15, 0.2) is 0 Å². The molecule has 0 aromatic heterocycles. The number of anilines is 2. The van der Waals surface area contributed by atoms with Crippen LogP contribution in [0.25, 0.3) is 0 Å². The smallest absolute Gasteiger partial charge is 0.292 e. The van der Waals surface area contributed by atoms with Crippen molar-refractivity contribution in [1.29, 1.82) is 0 Å². The lowest BCUT2D eigenvalue weighted by atomic mass is 10.1. The monoisotopic (exact) mass is 303 g/mol. The Balaban J connectivity index is 1.93. The highest BCUT2D eigenvalue weighted by Crippen LogP contribution is 2.32. The van der Waals surface area contributed by atoms with Crippen LogP contribution in [0.1, 0.15) is 11.1 Å². The normalized spacial score (nSPS) is 14.0. The third kappa shape index (κ3) is 2.84. The van der Waals surface area contributed by atoms with Crippen LogP contribution in [-0.4, -0.2) is 16.9 Å². The van der Waals surface area contributed by atoms with Crippen LogP contribution in [0.5, 0.6) is 0 Å². The summed E-state index contributed by atoms with van der Waals surface area (Å²) in [4.78, 5) is 12.9. The van der Waals surface area contributed by atoms with Gasteiger partial charge >= 0.3 is 0 Å². The number of rotatable bonds is 3. The van der Waals surface area contributed by atoms with Gasteiger partial charge in [0.25, 0.3) is 5.69 Å². The van der Waals surface area contributed by atoms with Crippen molar-refractivity contribution in [3.63, 3.8) is 0 Å². The van der Waals surface area contributed by atoms with E-state index in [1.807, 2.05) is 12.1 Å². The molecule has 1 heterocycles. The standard InChI is InChI=1S/C15H14ClN3O2/c1-18-8-10-2-4-13(6-11(10)9-18)17-14-7-12(16)3-5-15(14)19(20)21/h2-7,17H,8-9H2,1H3. The first-order valence-corrected chi connectivity index (χ1v) is 6.92. The van der Waals surface area contributed by atoms with E-state index in [0.717, 1.165) is 18.8 Å². The zero-order chi connectivity index (χ0) is 15.0. The number of nitro benzene ring substituents is 1. The minimum absolute atomic E-state index is 0.0111. The van der Waals surface area contributed by atoms with Gasteiger partial charge in [0.05, 0.1) is 4.92 Å². The molecule has 0 atom stereocenters. The van der Waals surface area contributed by atoms with Crippen molar-refractivity contribution in [2.75, 3.05) is 12.4 Å². The van der Waals surface area contributed by atoms with E-state index >= 15 is 0 Å². The van der Waals surface area contributed by atoms with E-state index in [-0.39, 0.29) is 5.69 Å². The van der Waals surface area contributed by atoms with E-state index in [1.54, 1.807) is 6.07 Å². The van der Waals surface area contributed by atoms with Crippen molar-refractivity contribution in [3.05, 3.63) is 62.7 Å². The van der Waals surface area contributed by atoms with Gasteiger partial charge in [-0.1, -0.05) is 17.7 Å². The number of nitrogens with zero attached hydrogens (tertiary/aromatic N) is 2. The van der Waals surface area contributed by atoms with Crippen LogP contribution in [0.4, 0.5) is 17.1 Å². The van der Waals surface area contributed by atoms with E-state index in [1.165, 1.54) is 23.3 Å². The molecule has 0 fully saturated rings. The lowest BCUT2D eigenvalue weighted by molar-refractivity contribution is -0.383. The van der Waals surface area contributed by atoms with Crippen molar-refractivity contribution in [2.24, 2.45) is 0 Å². The van der Waals surface area contributed by atoms with E-state index < -0.39 is 4.92 Å². The van der Waals surface area contributed by atoms with Gasteiger partial charge in [-0.3, -0.25) is 15.0 Å². The SMILES string of the molecule is CN1Cc2ccc(Nc3cc(Cl)ccc3[N+](=O)[O-])cc2C1. The minimum atomic E-state index is -0.417. The molecule has 0 amide bonds. The first kappa shape index (κ1) is 13.9. The summed E-state index contributed by atoms with van der Waals surface area (Å²) in [6.45, 7) is 1.83. The topological polar surface area (TPSA) is 58.4 Å². The first-order valence-electron chi connectivity index (χ1n) is 6.54. The Morgan fingerprint density at radius 3 is 2.71 bits per heavy atom. The maximum atomic E-state index is 11.1. The molecule has 0 radical (unpaired) electrons. The minimum Gasteiger partial charge on any atom is -0.350 e. The van der Waals surface area contributed by atoms with E-state index in [4.69, 9.17) is 11.6 Å². The summed E-state index contributed by atoms with van der Waals surface area (Å²) in [5.74, 6) is 0. The number of halogens is 1. The van der Waals surface area contributed by atoms with Crippen LogP contribution < -0.4 is 5.32 Å². The molecular weight excluding hydrogens is 290 g/mol. The number of fused-ring (bicyclic) bond motifs is 1. The van der Waals surface area contributed by atoms with Gasteiger partial charge in [-0.25, -0.2) is 0 Å². The molecule has 5 nitrogen and oxygen atoms in total. The zero-order valence-electron chi connectivity index (χ0n) is 11.5. The largest absolute Gasteiger partial charge is 0.350 e. The highest BCUT2D eigenvalue weighted by atomic mass is 35.5. The van der Waals surface area contributed by atoms with Crippen molar-refractivity contribution in [2.45, 2.75) is 13.1 Å². The Labute approximate surface area is 127 Å². The molecule has 2 aromatic rings. The molecule has 108 valence electrons. The third-order valence-electron chi connectivity index (χ3n) is 3.52. The second-order valence-electron chi connectivity index (χ2n) is 5.20. The molecule has 1 N–H and O–H groups in total.